The third-order valence-electron chi connectivity index (χ3n) is 6.09. The molecule has 0 atom stereocenters. The lowest BCUT2D eigenvalue weighted by Gasteiger charge is -2.14. The van der Waals surface area contributed by atoms with Gasteiger partial charge in [0.1, 0.15) is 6.29 Å². The number of nitrogens with zero attached hydrogens (tertiary/aromatic N) is 2. The van der Waals surface area contributed by atoms with Gasteiger partial charge in [-0.25, -0.2) is 0 Å². The van der Waals surface area contributed by atoms with E-state index in [0.717, 1.165) is 38.9 Å². The summed E-state index contributed by atoms with van der Waals surface area (Å²) in [6, 6.07) is 17.1. The highest BCUT2D eigenvalue weighted by Gasteiger charge is 2.32. The van der Waals surface area contributed by atoms with Crippen molar-refractivity contribution in [2.75, 3.05) is 17.6 Å². The zero-order valence-corrected chi connectivity index (χ0v) is 19.1. The minimum atomic E-state index is -0.206. The molecule has 1 aromatic heterocycles. The first-order valence-corrected chi connectivity index (χ1v) is 11.1. The average Bonchev–Trinajstić information content (AvgIpc) is 3.40. The number of H-pyrrole nitrogens is 1. The first kappa shape index (κ1) is 22.1. The van der Waals surface area contributed by atoms with Crippen molar-refractivity contribution in [3.8, 4) is 22.4 Å². The largest absolute Gasteiger partial charge is 0.398 e. The van der Waals surface area contributed by atoms with Crippen LogP contribution in [0.1, 0.15) is 22.8 Å². The summed E-state index contributed by atoms with van der Waals surface area (Å²) in [5.41, 5.74) is 13.2. The van der Waals surface area contributed by atoms with E-state index in [1.165, 1.54) is 6.92 Å². The van der Waals surface area contributed by atoms with Crippen LogP contribution >= 0.6 is 0 Å². The van der Waals surface area contributed by atoms with E-state index < -0.39 is 0 Å². The summed E-state index contributed by atoms with van der Waals surface area (Å²) < 4.78 is 0. The maximum Gasteiger partial charge on any atom is 0.256 e. The molecule has 0 saturated heterocycles. The first-order chi connectivity index (χ1) is 16.9. The Bertz CT molecular complexity index is 1540. The highest BCUT2D eigenvalue weighted by molar-refractivity contribution is 6.06. The van der Waals surface area contributed by atoms with E-state index in [1.54, 1.807) is 11.0 Å². The lowest BCUT2D eigenvalue weighted by molar-refractivity contribution is -0.114. The number of nitrogen functional groups attached to an aromatic ring is 1. The molecule has 4 aromatic rings. The number of nitrogens with two attached hydrogens (primary N) is 1. The molecule has 1 aliphatic rings. The normalized spacial score (nSPS) is 12.6. The van der Waals surface area contributed by atoms with E-state index in [9.17, 15) is 14.4 Å². The van der Waals surface area contributed by atoms with Crippen LogP contribution in [0.25, 0.3) is 33.3 Å². The molecule has 0 saturated carbocycles. The molecule has 0 radical (unpaired) electrons. The number of carbonyl (C=O) groups excluding carboxylic acids is 3. The Morgan fingerprint density at radius 1 is 1.20 bits per heavy atom. The fourth-order valence-electron chi connectivity index (χ4n) is 4.53. The Hall–Kier alpha value is -4.72. The van der Waals surface area contributed by atoms with Crippen LogP contribution < -0.4 is 11.1 Å². The Morgan fingerprint density at radius 2 is 2.03 bits per heavy atom. The molecule has 0 aliphatic carbocycles. The quantitative estimate of drug-likeness (QED) is 0.224. The number of aromatic nitrogens is 2. The van der Waals surface area contributed by atoms with Crippen LogP contribution in [0.4, 0.5) is 11.4 Å². The first-order valence-electron chi connectivity index (χ1n) is 11.1. The van der Waals surface area contributed by atoms with Gasteiger partial charge in [-0.3, -0.25) is 19.5 Å². The van der Waals surface area contributed by atoms with Crippen LogP contribution in [-0.4, -0.2) is 39.7 Å². The molecule has 0 fully saturated rings. The summed E-state index contributed by atoms with van der Waals surface area (Å²) in [6.45, 7) is 5.67. The molecule has 2 amide bonds. The number of benzene rings is 3. The Labute approximate surface area is 201 Å². The molecule has 2 heterocycles. The van der Waals surface area contributed by atoms with Gasteiger partial charge in [0.15, 0.2) is 0 Å². The Morgan fingerprint density at radius 3 is 2.80 bits per heavy atom. The zero-order chi connectivity index (χ0) is 24.7. The third-order valence-corrected chi connectivity index (χ3v) is 6.09. The molecule has 3 aromatic carbocycles. The van der Waals surface area contributed by atoms with E-state index in [-0.39, 0.29) is 18.4 Å². The van der Waals surface area contributed by atoms with Gasteiger partial charge >= 0.3 is 0 Å². The van der Waals surface area contributed by atoms with Crippen LogP contribution in [0.3, 0.4) is 0 Å². The molecule has 8 heteroatoms. The average molecular weight is 466 g/mol. The maximum atomic E-state index is 13.0. The van der Waals surface area contributed by atoms with Gasteiger partial charge in [0.05, 0.1) is 16.8 Å². The standard InChI is InChI=1S/C27H23N5O3/c1-15(14-33)12-32-13-22-20(7-8-23(28)25(22)27(32)35)17-6-9-24-21(11-17)26(31-30-24)18-4-3-5-19(10-18)29-16(2)34/h3-11,14H,1,12-13,28H2,2H3,(H,29,34)(H,30,31). The lowest BCUT2D eigenvalue weighted by atomic mass is 9.94. The third kappa shape index (κ3) is 3.95. The SMILES string of the molecule is C=C(C=O)CN1Cc2c(-c3ccc4[nH]nc(-c5cccc(NC(C)=O)c5)c4c3)ccc(N)c2C1=O. The van der Waals surface area contributed by atoms with Crippen molar-refractivity contribution in [3.63, 3.8) is 0 Å². The van der Waals surface area contributed by atoms with Gasteiger partial charge in [-0.2, -0.15) is 5.10 Å². The van der Waals surface area contributed by atoms with Crippen molar-refractivity contribution in [3.05, 3.63) is 77.9 Å². The van der Waals surface area contributed by atoms with E-state index in [0.29, 0.717) is 35.3 Å². The molecule has 1 aliphatic heterocycles. The number of aromatic amines is 1. The number of carbonyl (C=O) groups is 3. The fraction of sp³-hybridized carbons (Fsp3) is 0.111. The molecule has 174 valence electrons. The number of aldehydes is 1. The van der Waals surface area contributed by atoms with E-state index in [2.05, 4.69) is 22.1 Å². The number of anilines is 2. The number of rotatable bonds is 6. The van der Waals surface area contributed by atoms with Crippen molar-refractivity contribution in [1.82, 2.24) is 15.1 Å². The minimum absolute atomic E-state index is 0.145. The zero-order valence-electron chi connectivity index (χ0n) is 19.1. The summed E-state index contributed by atoms with van der Waals surface area (Å²) >= 11 is 0. The van der Waals surface area contributed by atoms with E-state index >= 15 is 0 Å². The number of fused-ring (bicyclic) bond motifs is 2. The van der Waals surface area contributed by atoms with Crippen molar-refractivity contribution >= 4 is 40.4 Å². The molecule has 4 N–H and O–H groups in total. The predicted molar refractivity (Wildman–Crippen MR) is 136 cm³/mol. The molecule has 35 heavy (non-hydrogen) atoms. The van der Waals surface area contributed by atoms with Crippen molar-refractivity contribution in [2.45, 2.75) is 13.5 Å². The van der Waals surface area contributed by atoms with Crippen LogP contribution in [0.2, 0.25) is 0 Å². The van der Waals surface area contributed by atoms with Crippen LogP contribution in [0.15, 0.2) is 66.7 Å². The Kier molecular flexibility index (Phi) is 5.41. The highest BCUT2D eigenvalue weighted by atomic mass is 16.2. The number of hydrogen-bond donors (Lipinski definition) is 3. The van der Waals surface area contributed by atoms with Gasteiger partial charge in [-0.15, -0.1) is 0 Å². The van der Waals surface area contributed by atoms with E-state index in [4.69, 9.17) is 5.73 Å². The van der Waals surface area contributed by atoms with Crippen LogP contribution in [0, 0.1) is 0 Å². The molecule has 0 unspecified atom stereocenters. The smallest absolute Gasteiger partial charge is 0.256 e. The second-order valence-corrected chi connectivity index (χ2v) is 8.59. The second-order valence-electron chi connectivity index (χ2n) is 8.59. The molecule has 0 bridgehead atoms. The number of amides is 2. The fourth-order valence-corrected chi connectivity index (χ4v) is 4.53. The van der Waals surface area contributed by atoms with Crippen LogP contribution in [0.5, 0.6) is 0 Å². The van der Waals surface area contributed by atoms with Gasteiger partial charge in [-0.05, 0) is 47.0 Å². The predicted octanol–water partition coefficient (Wildman–Crippen LogP) is 4.15. The second kappa shape index (κ2) is 8.57. The summed E-state index contributed by atoms with van der Waals surface area (Å²) in [4.78, 5) is 37.1. The minimum Gasteiger partial charge on any atom is -0.398 e. The van der Waals surface area contributed by atoms with Crippen molar-refractivity contribution in [2.24, 2.45) is 0 Å². The van der Waals surface area contributed by atoms with Crippen molar-refractivity contribution in [1.29, 1.82) is 0 Å². The van der Waals surface area contributed by atoms with Gasteiger partial charge < -0.3 is 16.0 Å². The van der Waals surface area contributed by atoms with Gasteiger partial charge in [0.25, 0.3) is 5.91 Å². The number of nitrogens with one attached hydrogen (secondary N) is 2. The summed E-state index contributed by atoms with van der Waals surface area (Å²) in [5.74, 6) is -0.351. The van der Waals surface area contributed by atoms with Crippen LogP contribution in [-0.2, 0) is 16.1 Å². The topological polar surface area (TPSA) is 121 Å². The molecule has 5 rings (SSSR count). The van der Waals surface area contributed by atoms with Crippen molar-refractivity contribution < 1.29 is 14.4 Å². The summed E-state index contributed by atoms with van der Waals surface area (Å²) in [7, 11) is 0. The number of hydrogen-bond acceptors (Lipinski definition) is 5. The molecular weight excluding hydrogens is 442 g/mol. The van der Waals surface area contributed by atoms with E-state index in [1.807, 2.05) is 48.5 Å². The maximum absolute atomic E-state index is 13.0. The summed E-state index contributed by atoms with van der Waals surface area (Å²) in [5, 5.41) is 11.3. The summed E-state index contributed by atoms with van der Waals surface area (Å²) in [6.07, 6.45) is 0.663. The van der Waals surface area contributed by atoms with Gasteiger partial charge in [0, 0.05) is 47.9 Å². The molecule has 0 spiro atoms. The molecule has 8 nitrogen and oxygen atoms in total. The van der Waals surface area contributed by atoms with Gasteiger partial charge in [-0.1, -0.05) is 30.8 Å². The Balaban J connectivity index is 1.58. The van der Waals surface area contributed by atoms with Gasteiger partial charge in [0.2, 0.25) is 5.91 Å². The monoisotopic (exact) mass is 465 g/mol. The highest BCUT2D eigenvalue weighted by Crippen LogP contribution is 2.38. The lowest BCUT2D eigenvalue weighted by Crippen LogP contribution is -2.26. The molecular formula is C27H23N5O3.